The minimum Gasteiger partial charge on any atom is -0.369 e. The molecule has 1 saturated heterocycles. The number of rotatable bonds is 3. The van der Waals surface area contributed by atoms with Crippen LogP contribution in [0.2, 0.25) is 0 Å². The van der Waals surface area contributed by atoms with Gasteiger partial charge in [0.1, 0.15) is 5.65 Å². The third-order valence-corrected chi connectivity index (χ3v) is 4.61. The van der Waals surface area contributed by atoms with E-state index in [2.05, 4.69) is 76.0 Å². The summed E-state index contributed by atoms with van der Waals surface area (Å²) in [5.74, 6) is 0. The van der Waals surface area contributed by atoms with Gasteiger partial charge < -0.3 is 9.30 Å². The monoisotopic (exact) mass is 306 g/mol. The Morgan fingerprint density at radius 1 is 0.957 bits per heavy atom. The summed E-state index contributed by atoms with van der Waals surface area (Å²) in [6, 6.07) is 14.9. The normalized spacial score (nSPS) is 16.1. The lowest BCUT2D eigenvalue weighted by Gasteiger charge is -2.35. The fourth-order valence-corrected chi connectivity index (χ4v) is 3.31. The van der Waals surface area contributed by atoms with E-state index in [-0.39, 0.29) is 0 Å². The number of aromatic nitrogens is 2. The number of hydrogen-bond acceptors (Lipinski definition) is 3. The van der Waals surface area contributed by atoms with Crippen LogP contribution in [0.5, 0.6) is 0 Å². The van der Waals surface area contributed by atoms with Gasteiger partial charge in [0.15, 0.2) is 0 Å². The van der Waals surface area contributed by atoms with E-state index in [9.17, 15) is 0 Å². The van der Waals surface area contributed by atoms with E-state index in [0.29, 0.717) is 0 Å². The Balaban J connectivity index is 1.41. The molecular weight excluding hydrogens is 284 g/mol. The lowest BCUT2D eigenvalue weighted by Crippen LogP contribution is -2.46. The van der Waals surface area contributed by atoms with Gasteiger partial charge in [-0.25, -0.2) is 4.98 Å². The van der Waals surface area contributed by atoms with Crippen molar-refractivity contribution in [2.75, 3.05) is 31.1 Å². The minimum absolute atomic E-state index is 0.934. The molecule has 4 rings (SSSR count). The summed E-state index contributed by atoms with van der Waals surface area (Å²) in [7, 11) is 0. The first-order valence-electron chi connectivity index (χ1n) is 8.25. The molecule has 0 unspecified atom stereocenters. The molecule has 0 N–H and O–H groups in total. The highest BCUT2D eigenvalue weighted by atomic mass is 15.3. The predicted octanol–water partition coefficient (Wildman–Crippen LogP) is 2.96. The molecule has 3 aromatic rings. The molecule has 23 heavy (non-hydrogen) atoms. The molecule has 0 aliphatic carbocycles. The Morgan fingerprint density at radius 2 is 1.74 bits per heavy atom. The van der Waals surface area contributed by atoms with Crippen LogP contribution in [0.15, 0.2) is 54.9 Å². The lowest BCUT2D eigenvalue weighted by atomic mass is 10.2. The standard InChI is InChI=1S/C19H22N4/c1-16-6-5-9-23-15-17(20-19(16)23)14-21-10-12-22(13-11-21)18-7-3-2-4-8-18/h2-9,15H,10-14H2,1H3. The van der Waals surface area contributed by atoms with Gasteiger partial charge >= 0.3 is 0 Å². The van der Waals surface area contributed by atoms with Crippen LogP contribution in [0.3, 0.4) is 0 Å². The maximum Gasteiger partial charge on any atom is 0.139 e. The molecule has 2 aromatic heterocycles. The summed E-state index contributed by atoms with van der Waals surface area (Å²) in [6.45, 7) is 7.38. The minimum atomic E-state index is 0.934. The third kappa shape index (κ3) is 2.94. The van der Waals surface area contributed by atoms with Crippen LogP contribution in [0.1, 0.15) is 11.3 Å². The summed E-state index contributed by atoms with van der Waals surface area (Å²) in [5.41, 5.74) is 4.79. The first kappa shape index (κ1) is 14.3. The second kappa shape index (κ2) is 6.05. The molecule has 3 heterocycles. The van der Waals surface area contributed by atoms with Crippen molar-refractivity contribution in [2.24, 2.45) is 0 Å². The SMILES string of the molecule is Cc1cccn2cc(CN3CCN(c4ccccc4)CC3)nc12. The number of fused-ring (bicyclic) bond motifs is 1. The molecule has 0 radical (unpaired) electrons. The molecule has 0 atom stereocenters. The van der Waals surface area contributed by atoms with E-state index in [1.54, 1.807) is 0 Å². The van der Waals surface area contributed by atoms with E-state index in [1.807, 2.05) is 0 Å². The average Bonchev–Trinajstić information content (AvgIpc) is 3.00. The lowest BCUT2D eigenvalue weighted by molar-refractivity contribution is 0.247. The summed E-state index contributed by atoms with van der Waals surface area (Å²) in [6.07, 6.45) is 4.23. The smallest absolute Gasteiger partial charge is 0.139 e. The highest BCUT2D eigenvalue weighted by Gasteiger charge is 2.18. The molecule has 0 saturated carbocycles. The zero-order valence-corrected chi connectivity index (χ0v) is 13.5. The van der Waals surface area contributed by atoms with E-state index in [4.69, 9.17) is 4.98 Å². The van der Waals surface area contributed by atoms with Crippen LogP contribution in [0, 0.1) is 6.92 Å². The van der Waals surface area contributed by atoms with Crippen LogP contribution in [-0.4, -0.2) is 40.5 Å². The maximum absolute atomic E-state index is 4.79. The molecule has 1 aliphatic rings. The molecule has 0 spiro atoms. The van der Waals surface area contributed by atoms with Gasteiger partial charge in [0.25, 0.3) is 0 Å². The van der Waals surface area contributed by atoms with Gasteiger partial charge in [0.05, 0.1) is 5.69 Å². The van der Waals surface area contributed by atoms with Gasteiger partial charge in [0.2, 0.25) is 0 Å². The number of imidazole rings is 1. The number of nitrogens with zero attached hydrogens (tertiary/aromatic N) is 4. The number of benzene rings is 1. The molecule has 0 bridgehead atoms. The highest BCUT2D eigenvalue weighted by Crippen LogP contribution is 2.17. The molecule has 1 aromatic carbocycles. The second-order valence-electron chi connectivity index (χ2n) is 6.25. The van der Waals surface area contributed by atoms with E-state index in [0.717, 1.165) is 44.1 Å². The fraction of sp³-hybridized carbons (Fsp3) is 0.316. The van der Waals surface area contributed by atoms with Crippen LogP contribution in [0.25, 0.3) is 5.65 Å². The fourth-order valence-electron chi connectivity index (χ4n) is 3.31. The Labute approximate surface area is 137 Å². The number of pyridine rings is 1. The zero-order chi connectivity index (χ0) is 15.6. The van der Waals surface area contributed by atoms with Crippen molar-refractivity contribution in [1.29, 1.82) is 0 Å². The quantitative estimate of drug-likeness (QED) is 0.743. The van der Waals surface area contributed by atoms with Crippen molar-refractivity contribution < 1.29 is 0 Å². The van der Waals surface area contributed by atoms with Crippen molar-refractivity contribution >= 4 is 11.3 Å². The van der Waals surface area contributed by atoms with Gasteiger partial charge in [-0.15, -0.1) is 0 Å². The molecule has 118 valence electrons. The Kier molecular flexibility index (Phi) is 3.75. The summed E-state index contributed by atoms with van der Waals surface area (Å²) < 4.78 is 2.13. The first-order chi connectivity index (χ1) is 11.3. The highest BCUT2D eigenvalue weighted by molar-refractivity contribution is 5.48. The van der Waals surface area contributed by atoms with Gasteiger partial charge in [0, 0.05) is 50.8 Å². The van der Waals surface area contributed by atoms with Crippen LogP contribution in [0.4, 0.5) is 5.69 Å². The van der Waals surface area contributed by atoms with E-state index >= 15 is 0 Å². The van der Waals surface area contributed by atoms with E-state index < -0.39 is 0 Å². The number of piperazine rings is 1. The second-order valence-corrected chi connectivity index (χ2v) is 6.25. The largest absolute Gasteiger partial charge is 0.369 e. The Hall–Kier alpha value is -2.33. The Bertz CT molecular complexity index is 785. The molecule has 1 fully saturated rings. The van der Waals surface area contributed by atoms with Gasteiger partial charge in [-0.05, 0) is 30.7 Å². The zero-order valence-electron chi connectivity index (χ0n) is 13.5. The molecule has 4 heteroatoms. The van der Waals surface area contributed by atoms with Gasteiger partial charge in [-0.3, -0.25) is 4.90 Å². The number of para-hydroxylation sites is 1. The van der Waals surface area contributed by atoms with Crippen molar-refractivity contribution in [3.63, 3.8) is 0 Å². The van der Waals surface area contributed by atoms with Crippen LogP contribution < -0.4 is 4.90 Å². The maximum atomic E-state index is 4.79. The van der Waals surface area contributed by atoms with Crippen molar-refractivity contribution in [3.05, 3.63) is 66.1 Å². The molecule has 0 amide bonds. The molecule has 1 aliphatic heterocycles. The topological polar surface area (TPSA) is 23.8 Å². The Morgan fingerprint density at radius 3 is 2.48 bits per heavy atom. The number of hydrogen-bond donors (Lipinski definition) is 0. The van der Waals surface area contributed by atoms with Crippen LogP contribution >= 0.6 is 0 Å². The summed E-state index contributed by atoms with van der Waals surface area (Å²) in [5, 5.41) is 0. The average molecular weight is 306 g/mol. The van der Waals surface area contributed by atoms with Crippen LogP contribution in [-0.2, 0) is 6.54 Å². The van der Waals surface area contributed by atoms with Crippen molar-refractivity contribution in [2.45, 2.75) is 13.5 Å². The predicted molar refractivity (Wildman–Crippen MR) is 93.9 cm³/mol. The number of anilines is 1. The first-order valence-corrected chi connectivity index (χ1v) is 8.25. The van der Waals surface area contributed by atoms with Crippen molar-refractivity contribution in [1.82, 2.24) is 14.3 Å². The van der Waals surface area contributed by atoms with Gasteiger partial charge in [-0.2, -0.15) is 0 Å². The van der Waals surface area contributed by atoms with Gasteiger partial charge in [-0.1, -0.05) is 24.3 Å². The number of aryl methyl sites for hydroxylation is 1. The summed E-state index contributed by atoms with van der Waals surface area (Å²) >= 11 is 0. The van der Waals surface area contributed by atoms with E-state index in [1.165, 1.54) is 11.3 Å². The third-order valence-electron chi connectivity index (χ3n) is 4.61. The van der Waals surface area contributed by atoms with Crippen molar-refractivity contribution in [3.8, 4) is 0 Å². The summed E-state index contributed by atoms with van der Waals surface area (Å²) in [4.78, 5) is 9.75. The molecular formula is C19H22N4. The molecule has 4 nitrogen and oxygen atoms in total.